The molecule has 0 bridgehead atoms. The minimum atomic E-state index is -4.37. The van der Waals surface area contributed by atoms with Crippen molar-refractivity contribution in [2.75, 3.05) is 6.54 Å². The summed E-state index contributed by atoms with van der Waals surface area (Å²) in [4.78, 5) is 11.1. The van der Waals surface area contributed by atoms with Crippen LogP contribution in [0.1, 0.15) is 10.5 Å². The molecule has 11 heteroatoms. The second-order valence-electron chi connectivity index (χ2n) is 3.96. The van der Waals surface area contributed by atoms with Crippen LogP contribution in [0.25, 0.3) is 0 Å². The molecule has 0 saturated carbocycles. The van der Waals surface area contributed by atoms with Gasteiger partial charge in [-0.2, -0.15) is 8.78 Å². The minimum absolute atomic E-state index is 0.306. The highest BCUT2D eigenvalue weighted by molar-refractivity contribution is 7.89. The van der Waals surface area contributed by atoms with Gasteiger partial charge in [-0.1, -0.05) is 0 Å². The predicted molar refractivity (Wildman–Crippen MR) is 60.1 cm³/mol. The van der Waals surface area contributed by atoms with E-state index in [4.69, 9.17) is 5.14 Å². The Labute approximate surface area is 111 Å². The normalized spacial score (nSPS) is 12.8. The average molecular weight is 317 g/mol. The lowest BCUT2D eigenvalue weighted by Gasteiger charge is -2.15. The molecule has 0 unspecified atom stereocenters. The SMILES string of the molecule is Cn1cc(S(N)(=O)=O)cc1C(=O)NCC(F)(F)C(F)F. The predicted octanol–water partition coefficient (Wildman–Crippen LogP) is 0.303. The molecule has 0 saturated heterocycles. The van der Waals surface area contributed by atoms with Gasteiger partial charge in [-0.05, 0) is 6.07 Å². The standard InChI is InChI=1S/C9H11F4N3O3S/c1-16-3-5(20(14,18)19)2-6(16)7(17)15-4-9(12,13)8(10)11/h2-3,8H,4H2,1H3,(H,15,17)(H2,14,18,19). The Morgan fingerprint density at radius 3 is 2.45 bits per heavy atom. The summed E-state index contributed by atoms with van der Waals surface area (Å²) in [7, 11) is -2.79. The summed E-state index contributed by atoms with van der Waals surface area (Å²) < 4.78 is 72.2. The first-order valence-corrected chi connectivity index (χ1v) is 6.63. The highest BCUT2D eigenvalue weighted by Gasteiger charge is 2.41. The maximum Gasteiger partial charge on any atom is 0.324 e. The molecule has 0 aliphatic rings. The summed E-state index contributed by atoms with van der Waals surface area (Å²) in [5, 5.41) is 6.43. The molecule has 1 amide bonds. The fourth-order valence-electron chi connectivity index (χ4n) is 1.28. The fourth-order valence-corrected chi connectivity index (χ4v) is 1.86. The molecule has 3 N–H and O–H groups in total. The van der Waals surface area contributed by atoms with Crippen molar-refractivity contribution in [1.82, 2.24) is 9.88 Å². The van der Waals surface area contributed by atoms with Gasteiger partial charge >= 0.3 is 12.3 Å². The number of carbonyl (C=O) groups is 1. The van der Waals surface area contributed by atoms with Crippen LogP contribution in [0.5, 0.6) is 0 Å². The molecule has 1 aromatic heterocycles. The van der Waals surface area contributed by atoms with Crippen molar-refractivity contribution in [2.45, 2.75) is 17.2 Å². The van der Waals surface area contributed by atoms with Crippen molar-refractivity contribution in [2.24, 2.45) is 12.2 Å². The second kappa shape index (κ2) is 5.40. The van der Waals surface area contributed by atoms with Crippen molar-refractivity contribution in [1.29, 1.82) is 0 Å². The number of hydrogen-bond donors (Lipinski definition) is 2. The molecular weight excluding hydrogens is 306 g/mol. The summed E-state index contributed by atoms with van der Waals surface area (Å²) in [6, 6.07) is 0.852. The van der Waals surface area contributed by atoms with E-state index >= 15 is 0 Å². The zero-order chi connectivity index (χ0) is 15.7. The number of amides is 1. The van der Waals surface area contributed by atoms with Crippen LogP contribution in [0.4, 0.5) is 17.6 Å². The van der Waals surface area contributed by atoms with E-state index < -0.39 is 39.7 Å². The summed E-state index contributed by atoms with van der Waals surface area (Å²) in [6.07, 6.45) is -2.92. The number of hydrogen-bond acceptors (Lipinski definition) is 3. The molecule has 114 valence electrons. The highest BCUT2D eigenvalue weighted by atomic mass is 32.2. The topological polar surface area (TPSA) is 94.2 Å². The Bertz CT molecular complexity index is 612. The third-order valence-electron chi connectivity index (χ3n) is 2.34. The average Bonchev–Trinajstić information content (AvgIpc) is 2.68. The molecule has 1 heterocycles. The lowest BCUT2D eigenvalue weighted by Crippen LogP contribution is -2.41. The molecular formula is C9H11F4N3O3S. The maximum atomic E-state index is 12.6. The van der Waals surface area contributed by atoms with Gasteiger partial charge in [-0.25, -0.2) is 22.3 Å². The lowest BCUT2D eigenvalue weighted by atomic mass is 10.3. The quantitative estimate of drug-likeness (QED) is 0.765. The molecule has 0 aliphatic heterocycles. The maximum absolute atomic E-state index is 12.6. The molecule has 0 radical (unpaired) electrons. The van der Waals surface area contributed by atoms with Crippen LogP contribution < -0.4 is 10.5 Å². The molecule has 1 rings (SSSR count). The summed E-state index contributed by atoms with van der Waals surface area (Å²) in [5.74, 6) is -5.49. The van der Waals surface area contributed by atoms with E-state index in [-0.39, 0.29) is 5.69 Å². The van der Waals surface area contributed by atoms with E-state index in [0.717, 1.165) is 16.8 Å². The zero-order valence-electron chi connectivity index (χ0n) is 10.1. The van der Waals surface area contributed by atoms with Gasteiger partial charge in [-0.3, -0.25) is 4.79 Å². The molecule has 0 atom stereocenters. The number of alkyl halides is 4. The van der Waals surface area contributed by atoms with Crippen molar-refractivity contribution in [3.05, 3.63) is 18.0 Å². The van der Waals surface area contributed by atoms with Crippen LogP contribution in [0.3, 0.4) is 0 Å². The van der Waals surface area contributed by atoms with E-state index in [2.05, 4.69) is 0 Å². The van der Waals surface area contributed by atoms with Crippen LogP contribution in [0.15, 0.2) is 17.2 Å². The summed E-state index contributed by atoms with van der Waals surface area (Å²) in [5.41, 5.74) is -0.306. The van der Waals surface area contributed by atoms with Crippen LogP contribution in [0, 0.1) is 0 Å². The van der Waals surface area contributed by atoms with E-state index in [1.54, 1.807) is 5.32 Å². The van der Waals surface area contributed by atoms with Gasteiger partial charge in [-0.15, -0.1) is 0 Å². The monoisotopic (exact) mass is 317 g/mol. The first-order chi connectivity index (χ1) is 8.95. The van der Waals surface area contributed by atoms with Gasteiger partial charge in [0.2, 0.25) is 10.0 Å². The number of nitrogens with one attached hydrogen (secondary N) is 1. The first kappa shape index (κ1) is 16.4. The Morgan fingerprint density at radius 1 is 1.50 bits per heavy atom. The van der Waals surface area contributed by atoms with Crippen LogP contribution >= 0.6 is 0 Å². The Morgan fingerprint density at radius 2 is 2.05 bits per heavy atom. The number of primary sulfonamides is 1. The van der Waals surface area contributed by atoms with E-state index in [0.29, 0.717) is 0 Å². The second-order valence-corrected chi connectivity index (χ2v) is 5.52. The third-order valence-corrected chi connectivity index (χ3v) is 3.23. The number of rotatable bonds is 5. The number of aromatic nitrogens is 1. The van der Waals surface area contributed by atoms with Gasteiger partial charge in [0.25, 0.3) is 5.91 Å². The highest BCUT2D eigenvalue weighted by Crippen LogP contribution is 2.21. The number of halogens is 4. The fraction of sp³-hybridized carbons (Fsp3) is 0.444. The van der Waals surface area contributed by atoms with Crippen molar-refractivity contribution in [3.8, 4) is 0 Å². The zero-order valence-corrected chi connectivity index (χ0v) is 10.9. The number of aryl methyl sites for hydroxylation is 1. The first-order valence-electron chi connectivity index (χ1n) is 5.08. The molecule has 20 heavy (non-hydrogen) atoms. The smallest absolute Gasteiger partial charge is 0.324 e. The van der Waals surface area contributed by atoms with Crippen LogP contribution in [0.2, 0.25) is 0 Å². The molecule has 0 fully saturated rings. The van der Waals surface area contributed by atoms with Crippen LogP contribution in [-0.4, -0.2) is 37.8 Å². The van der Waals surface area contributed by atoms with Crippen molar-refractivity contribution >= 4 is 15.9 Å². The summed E-state index contributed by atoms with van der Waals surface area (Å²) in [6.45, 7) is -1.57. The van der Waals surface area contributed by atoms with E-state index in [1.165, 1.54) is 7.05 Å². The molecule has 6 nitrogen and oxygen atoms in total. The molecule has 1 aromatic rings. The number of sulfonamides is 1. The number of carbonyl (C=O) groups excluding carboxylic acids is 1. The number of nitrogens with two attached hydrogens (primary N) is 1. The van der Waals surface area contributed by atoms with Gasteiger partial charge in [0.05, 0.1) is 6.54 Å². The lowest BCUT2D eigenvalue weighted by molar-refractivity contribution is -0.123. The van der Waals surface area contributed by atoms with Crippen molar-refractivity contribution < 1.29 is 30.8 Å². The number of nitrogens with zero attached hydrogens (tertiary/aromatic N) is 1. The molecule has 0 spiro atoms. The third kappa shape index (κ3) is 3.70. The molecule has 0 aliphatic carbocycles. The van der Waals surface area contributed by atoms with Gasteiger partial charge in [0, 0.05) is 13.2 Å². The Balaban J connectivity index is 2.87. The Kier molecular flexibility index (Phi) is 4.44. The van der Waals surface area contributed by atoms with Gasteiger partial charge in [0.1, 0.15) is 10.6 Å². The largest absolute Gasteiger partial charge is 0.345 e. The van der Waals surface area contributed by atoms with Crippen molar-refractivity contribution in [3.63, 3.8) is 0 Å². The van der Waals surface area contributed by atoms with E-state index in [9.17, 15) is 30.8 Å². The van der Waals surface area contributed by atoms with Gasteiger partial charge < -0.3 is 9.88 Å². The molecule has 0 aromatic carbocycles. The van der Waals surface area contributed by atoms with Crippen LogP contribution in [-0.2, 0) is 17.1 Å². The minimum Gasteiger partial charge on any atom is -0.345 e. The summed E-state index contributed by atoms with van der Waals surface area (Å²) >= 11 is 0. The Hall–Kier alpha value is -1.62. The van der Waals surface area contributed by atoms with Gasteiger partial charge in [0.15, 0.2) is 0 Å². The van der Waals surface area contributed by atoms with E-state index in [1.807, 2.05) is 0 Å².